The number of nitrogens with zero attached hydrogens (tertiary/aromatic N) is 3. The number of carbonyl (C=O) groups excluding carboxylic acids is 1. The topological polar surface area (TPSA) is 94.9 Å². The van der Waals surface area contributed by atoms with E-state index in [0.29, 0.717) is 10.2 Å². The van der Waals surface area contributed by atoms with Crippen LogP contribution in [0.2, 0.25) is 0 Å². The molecule has 0 aliphatic heterocycles. The number of nitrogens with two attached hydrogens (primary N) is 1. The van der Waals surface area contributed by atoms with Crippen molar-refractivity contribution >= 4 is 33.2 Å². The van der Waals surface area contributed by atoms with E-state index in [1.807, 2.05) is 0 Å². The van der Waals surface area contributed by atoms with Gasteiger partial charge < -0.3 is 10.2 Å². The number of hydrogen-bond donors (Lipinski definition) is 1. The standard InChI is InChI=1S/C17H9F3N4O2S/c18-8-2-1-5-22-12(8)13(25)11-6-7-15(21)23-16(24-17(7)27-11)10-4-3-9(26-10)14(19)20/h1-6,14H,(H2,21,23,24). The number of aromatic nitrogens is 3. The Labute approximate surface area is 153 Å². The average molecular weight is 390 g/mol. The number of thiophene rings is 1. The monoisotopic (exact) mass is 390 g/mol. The van der Waals surface area contributed by atoms with E-state index in [1.165, 1.54) is 24.4 Å². The minimum Gasteiger partial charge on any atom is -0.452 e. The van der Waals surface area contributed by atoms with Crippen molar-refractivity contribution in [1.82, 2.24) is 15.0 Å². The van der Waals surface area contributed by atoms with Crippen LogP contribution in [0, 0.1) is 5.82 Å². The zero-order chi connectivity index (χ0) is 19.1. The summed E-state index contributed by atoms with van der Waals surface area (Å²) in [6, 6.07) is 6.39. The average Bonchev–Trinajstić information content (AvgIpc) is 3.29. The van der Waals surface area contributed by atoms with Crippen LogP contribution in [0.1, 0.15) is 27.6 Å². The molecule has 0 amide bonds. The van der Waals surface area contributed by atoms with Crippen LogP contribution in [0.4, 0.5) is 19.0 Å². The molecule has 27 heavy (non-hydrogen) atoms. The molecule has 0 spiro atoms. The number of carbonyl (C=O) groups is 1. The molecule has 0 saturated heterocycles. The normalized spacial score (nSPS) is 11.4. The van der Waals surface area contributed by atoms with Gasteiger partial charge in [0.25, 0.3) is 6.43 Å². The zero-order valence-corrected chi connectivity index (χ0v) is 14.1. The number of anilines is 1. The Morgan fingerprint density at radius 2 is 2.04 bits per heavy atom. The molecule has 4 rings (SSSR count). The van der Waals surface area contributed by atoms with Gasteiger partial charge in [-0.3, -0.25) is 4.79 Å². The summed E-state index contributed by atoms with van der Waals surface area (Å²) in [5, 5.41) is 0.393. The van der Waals surface area contributed by atoms with Crippen LogP contribution in [0.3, 0.4) is 0 Å². The molecule has 4 aromatic heterocycles. The summed E-state index contributed by atoms with van der Waals surface area (Å²) in [6.45, 7) is 0. The Kier molecular flexibility index (Phi) is 4.11. The quantitative estimate of drug-likeness (QED) is 0.524. The van der Waals surface area contributed by atoms with Crippen molar-refractivity contribution < 1.29 is 22.4 Å². The molecular formula is C17H9F3N4O2S. The lowest BCUT2D eigenvalue weighted by Crippen LogP contribution is -2.04. The van der Waals surface area contributed by atoms with Gasteiger partial charge in [-0.25, -0.2) is 28.1 Å². The molecule has 0 atom stereocenters. The van der Waals surface area contributed by atoms with Gasteiger partial charge in [0.1, 0.15) is 16.3 Å². The van der Waals surface area contributed by atoms with Gasteiger partial charge in [-0.1, -0.05) is 0 Å². The summed E-state index contributed by atoms with van der Waals surface area (Å²) in [7, 11) is 0. The first-order valence-electron chi connectivity index (χ1n) is 7.54. The summed E-state index contributed by atoms with van der Waals surface area (Å²) in [6.07, 6.45) is -1.45. The van der Waals surface area contributed by atoms with E-state index in [0.717, 1.165) is 23.5 Å². The number of nitrogen functional groups attached to an aromatic ring is 1. The molecule has 4 heterocycles. The van der Waals surface area contributed by atoms with Gasteiger partial charge in [-0.2, -0.15) is 0 Å². The minimum atomic E-state index is -2.76. The first kappa shape index (κ1) is 17.2. The summed E-state index contributed by atoms with van der Waals surface area (Å²) < 4.78 is 44.2. The van der Waals surface area contributed by atoms with Crippen LogP contribution < -0.4 is 5.73 Å². The van der Waals surface area contributed by atoms with E-state index in [4.69, 9.17) is 10.2 Å². The van der Waals surface area contributed by atoms with Crippen LogP contribution in [0.5, 0.6) is 0 Å². The molecule has 0 radical (unpaired) electrons. The second-order valence-corrected chi connectivity index (χ2v) is 6.46. The lowest BCUT2D eigenvalue weighted by molar-refractivity contribution is 0.103. The largest absolute Gasteiger partial charge is 0.452 e. The van der Waals surface area contributed by atoms with Gasteiger partial charge in [0.2, 0.25) is 5.78 Å². The lowest BCUT2D eigenvalue weighted by Gasteiger charge is -1.99. The van der Waals surface area contributed by atoms with E-state index in [-0.39, 0.29) is 28.0 Å². The maximum Gasteiger partial charge on any atom is 0.295 e. The Hall–Kier alpha value is -3.27. The highest BCUT2D eigenvalue weighted by Gasteiger charge is 2.21. The predicted octanol–water partition coefficient (Wildman–Crippen LogP) is 4.24. The van der Waals surface area contributed by atoms with Crippen LogP contribution >= 0.6 is 11.3 Å². The predicted molar refractivity (Wildman–Crippen MR) is 92.1 cm³/mol. The number of fused-ring (bicyclic) bond motifs is 1. The second kappa shape index (κ2) is 6.47. The van der Waals surface area contributed by atoms with E-state index >= 15 is 0 Å². The molecule has 2 N–H and O–H groups in total. The van der Waals surface area contributed by atoms with Crippen molar-refractivity contribution in [3.8, 4) is 11.6 Å². The Morgan fingerprint density at radius 3 is 2.74 bits per heavy atom. The summed E-state index contributed by atoms with van der Waals surface area (Å²) >= 11 is 0.968. The van der Waals surface area contributed by atoms with Crippen molar-refractivity contribution in [2.75, 3.05) is 5.73 Å². The molecular weight excluding hydrogens is 381 g/mol. The first-order chi connectivity index (χ1) is 12.9. The number of furan rings is 1. The highest BCUT2D eigenvalue weighted by atomic mass is 32.1. The molecule has 0 aliphatic carbocycles. The molecule has 10 heteroatoms. The molecule has 0 bridgehead atoms. The van der Waals surface area contributed by atoms with Crippen molar-refractivity contribution in [3.05, 3.63) is 58.7 Å². The molecule has 136 valence electrons. The maximum absolute atomic E-state index is 13.8. The Bertz CT molecular complexity index is 1170. The third kappa shape index (κ3) is 3.04. The molecule has 0 saturated carbocycles. The highest BCUT2D eigenvalue weighted by molar-refractivity contribution is 7.20. The van der Waals surface area contributed by atoms with Crippen LogP contribution in [-0.2, 0) is 0 Å². The summed E-state index contributed by atoms with van der Waals surface area (Å²) in [5.41, 5.74) is 5.59. The third-order valence-electron chi connectivity index (χ3n) is 3.68. The number of pyridine rings is 1. The van der Waals surface area contributed by atoms with E-state index < -0.39 is 23.8 Å². The molecule has 0 aromatic carbocycles. The number of alkyl halides is 2. The number of halogens is 3. The van der Waals surface area contributed by atoms with Gasteiger partial charge >= 0.3 is 0 Å². The fourth-order valence-corrected chi connectivity index (χ4v) is 3.41. The highest BCUT2D eigenvalue weighted by Crippen LogP contribution is 2.32. The fraction of sp³-hybridized carbons (Fsp3) is 0.0588. The van der Waals surface area contributed by atoms with Gasteiger partial charge in [0, 0.05) is 6.20 Å². The van der Waals surface area contributed by atoms with Crippen molar-refractivity contribution in [1.29, 1.82) is 0 Å². The Morgan fingerprint density at radius 1 is 1.22 bits per heavy atom. The molecule has 6 nitrogen and oxygen atoms in total. The summed E-state index contributed by atoms with van der Waals surface area (Å²) in [5.74, 6) is -1.79. The first-order valence-corrected chi connectivity index (χ1v) is 8.36. The number of rotatable bonds is 4. The van der Waals surface area contributed by atoms with Crippen molar-refractivity contribution in [2.45, 2.75) is 6.43 Å². The lowest BCUT2D eigenvalue weighted by atomic mass is 10.2. The van der Waals surface area contributed by atoms with E-state index in [2.05, 4.69) is 15.0 Å². The SMILES string of the molecule is Nc1nc(-c2ccc(C(F)F)o2)nc2sc(C(=O)c3ncccc3F)cc12. The molecule has 0 unspecified atom stereocenters. The van der Waals surface area contributed by atoms with Gasteiger partial charge in [0.15, 0.2) is 23.2 Å². The molecule has 4 aromatic rings. The van der Waals surface area contributed by atoms with Crippen LogP contribution in [-0.4, -0.2) is 20.7 Å². The number of ketones is 1. The molecule has 0 fully saturated rings. The number of hydrogen-bond acceptors (Lipinski definition) is 7. The molecule has 0 aliphatic rings. The van der Waals surface area contributed by atoms with Crippen LogP contribution in [0.15, 0.2) is 40.9 Å². The van der Waals surface area contributed by atoms with Gasteiger partial charge in [-0.05, 0) is 30.3 Å². The second-order valence-electron chi connectivity index (χ2n) is 5.43. The smallest absolute Gasteiger partial charge is 0.295 e. The minimum absolute atomic E-state index is 0.0109. The third-order valence-corrected chi connectivity index (χ3v) is 4.71. The maximum atomic E-state index is 13.8. The van der Waals surface area contributed by atoms with Gasteiger partial charge in [0.05, 0.1) is 10.3 Å². The van der Waals surface area contributed by atoms with E-state index in [1.54, 1.807) is 0 Å². The van der Waals surface area contributed by atoms with Crippen molar-refractivity contribution in [3.63, 3.8) is 0 Å². The Balaban J connectivity index is 1.77. The van der Waals surface area contributed by atoms with Crippen LogP contribution in [0.25, 0.3) is 21.8 Å². The van der Waals surface area contributed by atoms with E-state index in [9.17, 15) is 18.0 Å². The fourth-order valence-electron chi connectivity index (χ4n) is 2.43. The zero-order valence-electron chi connectivity index (χ0n) is 13.3. The van der Waals surface area contributed by atoms with Gasteiger partial charge in [-0.15, -0.1) is 11.3 Å². The summed E-state index contributed by atoms with van der Waals surface area (Å²) in [4.78, 5) is 25.0. The van der Waals surface area contributed by atoms with Crippen molar-refractivity contribution in [2.24, 2.45) is 0 Å².